The monoisotopic (exact) mass is 267 g/mol. The second kappa shape index (κ2) is 4.66. The summed E-state index contributed by atoms with van der Waals surface area (Å²) < 4.78 is 53.3. The first-order valence-corrected chi connectivity index (χ1v) is 5.56. The Balaban J connectivity index is 0.000000221. The van der Waals surface area contributed by atoms with Crippen LogP contribution in [0.15, 0.2) is 0 Å². The Hall–Kier alpha value is -0.0751. The minimum atomic E-state index is -6.00. The Labute approximate surface area is 95.8 Å². The van der Waals surface area contributed by atoms with E-state index < -0.39 is 7.25 Å². The number of quaternary nitrogens is 2. The van der Waals surface area contributed by atoms with E-state index in [0.717, 1.165) is 24.1 Å². The summed E-state index contributed by atoms with van der Waals surface area (Å²) in [5.74, 6) is 0. The van der Waals surface area contributed by atoms with Gasteiger partial charge in [-0.25, -0.2) is 0 Å². The summed E-state index contributed by atoms with van der Waals surface area (Å²) in [6.45, 7) is 4.81. The first-order chi connectivity index (χ1) is 7.18. The zero-order valence-electron chi connectivity index (χ0n) is 8.69. The van der Waals surface area contributed by atoms with Gasteiger partial charge in [0.05, 0.1) is 0 Å². The molecule has 0 aromatic carbocycles. The summed E-state index contributed by atoms with van der Waals surface area (Å²) in [7, 11) is -6.00. The molecule has 3 saturated heterocycles. The van der Waals surface area contributed by atoms with Gasteiger partial charge in [-0.3, -0.25) is 4.48 Å². The molecule has 2 bridgehead atoms. The van der Waals surface area contributed by atoms with Crippen LogP contribution < -0.4 is 0 Å². The average molecular weight is 267 g/mol. The minimum absolute atomic E-state index is 0.198. The van der Waals surface area contributed by atoms with E-state index in [1.165, 1.54) is 0 Å². The summed E-state index contributed by atoms with van der Waals surface area (Å²) in [5.41, 5.74) is 0. The summed E-state index contributed by atoms with van der Waals surface area (Å²) in [5, 5.41) is 0. The largest absolute Gasteiger partial charge is 0.673 e. The standard InChI is InChI=1S/C7H14ClFN2.BF4/c8-7-10-1-4-11(9,5-2-10)6-3-10;2-1(3,4)5/h1-7H2;/q+2;-1. The van der Waals surface area contributed by atoms with Crippen LogP contribution in [0.25, 0.3) is 0 Å². The van der Waals surface area contributed by atoms with Crippen LogP contribution in [0.1, 0.15) is 0 Å². The Morgan fingerprint density at radius 1 is 0.875 bits per heavy atom. The molecule has 0 N–H and O–H groups in total. The van der Waals surface area contributed by atoms with Gasteiger partial charge in [-0.2, -0.15) is 0 Å². The van der Waals surface area contributed by atoms with Crippen LogP contribution in [0.3, 0.4) is 0 Å². The van der Waals surface area contributed by atoms with E-state index in [0.29, 0.717) is 25.6 Å². The van der Waals surface area contributed by atoms with Gasteiger partial charge in [0, 0.05) is 0 Å². The van der Waals surface area contributed by atoms with Crippen LogP contribution >= 0.6 is 11.6 Å². The molecule has 0 radical (unpaired) electrons. The molecule has 96 valence electrons. The van der Waals surface area contributed by atoms with Gasteiger partial charge in [-0.15, -0.1) is 4.71 Å². The molecule has 0 amide bonds. The fourth-order valence-electron chi connectivity index (χ4n) is 2.02. The van der Waals surface area contributed by atoms with Gasteiger partial charge in [-0.05, 0) is 4.48 Å². The van der Waals surface area contributed by atoms with Crippen LogP contribution in [0.4, 0.5) is 21.7 Å². The minimum Gasteiger partial charge on any atom is -0.418 e. The maximum absolute atomic E-state index is 13.5. The maximum atomic E-state index is 13.5. The molecule has 0 spiro atoms. The van der Waals surface area contributed by atoms with Crippen molar-refractivity contribution in [3.63, 3.8) is 0 Å². The number of fused-ring (bicyclic) bond motifs is 3. The molecular formula is C7H14BClF5N2+. The first-order valence-electron chi connectivity index (χ1n) is 5.02. The Morgan fingerprint density at radius 3 is 1.44 bits per heavy atom. The van der Waals surface area contributed by atoms with Crippen LogP contribution in [0.2, 0.25) is 0 Å². The Morgan fingerprint density at radius 2 is 1.19 bits per heavy atom. The van der Waals surface area contributed by atoms with Crippen molar-refractivity contribution in [3.8, 4) is 0 Å². The number of nitrogens with zero attached hydrogens (tertiary/aromatic N) is 2. The highest BCUT2D eigenvalue weighted by atomic mass is 35.5. The molecule has 0 aromatic heterocycles. The van der Waals surface area contributed by atoms with Crippen LogP contribution in [-0.2, 0) is 0 Å². The molecule has 16 heavy (non-hydrogen) atoms. The third kappa shape index (κ3) is 4.06. The van der Waals surface area contributed by atoms with Crippen molar-refractivity contribution in [1.29, 1.82) is 0 Å². The molecule has 3 aliphatic rings. The van der Waals surface area contributed by atoms with E-state index in [1.54, 1.807) is 0 Å². The average Bonchev–Trinajstić information content (AvgIpc) is 2.17. The van der Waals surface area contributed by atoms with E-state index in [4.69, 9.17) is 11.6 Å². The van der Waals surface area contributed by atoms with Gasteiger partial charge in [0.2, 0.25) is 0 Å². The molecule has 9 heteroatoms. The number of alkyl halides is 1. The van der Waals surface area contributed by atoms with E-state index in [-0.39, 0.29) is 4.71 Å². The molecule has 3 rings (SSSR count). The predicted molar refractivity (Wildman–Crippen MR) is 51.7 cm³/mol. The first kappa shape index (κ1) is 14.0. The molecule has 0 atom stereocenters. The van der Waals surface area contributed by atoms with Gasteiger partial charge in [0.25, 0.3) is 0 Å². The van der Waals surface area contributed by atoms with Crippen LogP contribution in [0.5, 0.6) is 0 Å². The van der Waals surface area contributed by atoms with Crippen molar-refractivity contribution in [2.45, 2.75) is 0 Å². The lowest BCUT2D eigenvalue weighted by Gasteiger charge is -2.48. The third-order valence-corrected chi connectivity index (χ3v) is 3.69. The highest BCUT2D eigenvalue weighted by Crippen LogP contribution is 2.27. The van der Waals surface area contributed by atoms with Gasteiger partial charge in [0.15, 0.2) is 25.6 Å². The van der Waals surface area contributed by atoms with E-state index in [9.17, 15) is 21.7 Å². The molecule has 3 fully saturated rings. The van der Waals surface area contributed by atoms with Crippen molar-refractivity contribution in [2.75, 3.05) is 45.3 Å². The highest BCUT2D eigenvalue weighted by Gasteiger charge is 2.50. The second-order valence-corrected chi connectivity index (χ2v) is 4.57. The molecule has 0 unspecified atom stereocenters. The summed E-state index contributed by atoms with van der Waals surface area (Å²) in [6.07, 6.45) is 0. The quantitative estimate of drug-likeness (QED) is 0.170. The second-order valence-electron chi connectivity index (χ2n) is 4.33. The molecular weight excluding hydrogens is 253 g/mol. The van der Waals surface area contributed by atoms with Gasteiger partial charge < -0.3 is 17.3 Å². The summed E-state index contributed by atoms with van der Waals surface area (Å²) in [6, 6.07) is 0.667. The Kier molecular flexibility index (Phi) is 4.07. The number of rotatable bonds is 1. The van der Waals surface area contributed by atoms with Crippen LogP contribution in [0, 0.1) is 0 Å². The van der Waals surface area contributed by atoms with Crippen molar-refractivity contribution in [1.82, 2.24) is 0 Å². The molecule has 0 aliphatic carbocycles. The molecule has 3 heterocycles. The number of piperazine rings is 3. The summed E-state index contributed by atoms with van der Waals surface area (Å²) in [4.78, 5) is 0. The van der Waals surface area contributed by atoms with Gasteiger partial charge in [-0.1, -0.05) is 11.6 Å². The van der Waals surface area contributed by atoms with Gasteiger partial charge >= 0.3 is 7.25 Å². The molecule has 0 saturated carbocycles. The number of hydrogen-bond acceptors (Lipinski definition) is 0. The lowest BCUT2D eigenvalue weighted by molar-refractivity contribution is -1.15. The number of hydrogen-bond donors (Lipinski definition) is 0. The lowest BCUT2D eigenvalue weighted by Crippen LogP contribution is -2.71. The zero-order chi connectivity index (χ0) is 12.4. The Bertz CT molecular complexity index is 219. The number of halogens is 6. The zero-order valence-corrected chi connectivity index (χ0v) is 9.45. The topological polar surface area (TPSA) is 0 Å². The third-order valence-electron chi connectivity index (χ3n) is 3.18. The predicted octanol–water partition coefficient (Wildman–Crippen LogP) is 2.03. The van der Waals surface area contributed by atoms with E-state index >= 15 is 0 Å². The normalized spacial score (nSPS) is 37.9. The molecule has 0 aromatic rings. The van der Waals surface area contributed by atoms with Crippen LogP contribution in [-0.4, -0.2) is 61.7 Å². The lowest BCUT2D eigenvalue weighted by atomic mass is 10.2. The van der Waals surface area contributed by atoms with E-state index in [2.05, 4.69) is 0 Å². The SMILES string of the molecule is F[B-](F)(F)F.F[N+]12CC[N+](CCl)(CC1)CC2. The fraction of sp³-hybridized carbons (Fsp3) is 1.00. The van der Waals surface area contributed by atoms with Gasteiger partial charge in [0.1, 0.15) is 19.6 Å². The molecule has 2 nitrogen and oxygen atoms in total. The van der Waals surface area contributed by atoms with Crippen molar-refractivity contribution in [3.05, 3.63) is 0 Å². The highest BCUT2D eigenvalue weighted by molar-refractivity contribution is 6.50. The summed E-state index contributed by atoms with van der Waals surface area (Å²) >= 11 is 5.85. The molecule has 3 aliphatic heterocycles. The van der Waals surface area contributed by atoms with Crippen molar-refractivity contribution >= 4 is 18.9 Å². The van der Waals surface area contributed by atoms with E-state index in [1.807, 2.05) is 0 Å². The van der Waals surface area contributed by atoms with Crippen molar-refractivity contribution in [2.24, 2.45) is 0 Å². The fourth-order valence-corrected chi connectivity index (χ4v) is 2.38. The van der Waals surface area contributed by atoms with Crippen molar-refractivity contribution < 1.29 is 30.9 Å². The smallest absolute Gasteiger partial charge is 0.418 e. The maximum Gasteiger partial charge on any atom is 0.673 e.